The van der Waals surface area contributed by atoms with Crippen LogP contribution in [0.15, 0.2) is 18.3 Å². The second-order valence-corrected chi connectivity index (χ2v) is 5.27. The van der Waals surface area contributed by atoms with E-state index in [2.05, 4.69) is 4.98 Å². The van der Waals surface area contributed by atoms with E-state index in [1.807, 2.05) is 19.0 Å². The molecule has 1 heterocycles. The highest BCUT2D eigenvalue weighted by atomic mass is 16.3. The van der Waals surface area contributed by atoms with Gasteiger partial charge >= 0.3 is 0 Å². The molecule has 1 rings (SSSR count). The van der Waals surface area contributed by atoms with Crippen molar-refractivity contribution in [2.24, 2.45) is 0 Å². The van der Waals surface area contributed by atoms with Gasteiger partial charge in [0.25, 0.3) is 5.91 Å². The highest BCUT2D eigenvalue weighted by Crippen LogP contribution is 2.13. The van der Waals surface area contributed by atoms with E-state index in [0.29, 0.717) is 5.56 Å². The Labute approximate surface area is 108 Å². The fraction of sp³-hybridized carbons (Fsp3) is 0.538. The molecular weight excluding hydrogens is 230 g/mol. The molecular formula is C13H21N3O2. The minimum absolute atomic E-state index is 0.123. The van der Waals surface area contributed by atoms with Crippen molar-refractivity contribution in [2.75, 3.05) is 32.6 Å². The minimum Gasteiger partial charge on any atom is -0.389 e. The van der Waals surface area contributed by atoms with Gasteiger partial charge in [0.05, 0.1) is 5.60 Å². The molecule has 0 fully saturated rings. The Balaban J connectivity index is 2.87. The van der Waals surface area contributed by atoms with Gasteiger partial charge in [-0.05, 0) is 26.0 Å². The molecule has 0 radical (unpaired) electrons. The van der Waals surface area contributed by atoms with Crippen molar-refractivity contribution in [2.45, 2.75) is 19.4 Å². The van der Waals surface area contributed by atoms with Crippen molar-refractivity contribution in [1.29, 1.82) is 0 Å². The van der Waals surface area contributed by atoms with Crippen LogP contribution in [0.2, 0.25) is 0 Å². The summed E-state index contributed by atoms with van der Waals surface area (Å²) in [6.07, 6.45) is 1.61. The summed E-state index contributed by atoms with van der Waals surface area (Å²) in [5, 5.41) is 9.71. The number of hydrogen-bond donors (Lipinski definition) is 1. The van der Waals surface area contributed by atoms with Gasteiger partial charge in [0.1, 0.15) is 5.82 Å². The van der Waals surface area contributed by atoms with Crippen LogP contribution in [0.1, 0.15) is 24.2 Å². The maximum Gasteiger partial charge on any atom is 0.253 e. The number of pyridine rings is 1. The molecule has 18 heavy (non-hydrogen) atoms. The monoisotopic (exact) mass is 251 g/mol. The second kappa shape index (κ2) is 5.35. The lowest BCUT2D eigenvalue weighted by Gasteiger charge is -2.25. The predicted octanol–water partition coefficient (Wildman–Crippen LogP) is 0.990. The zero-order valence-electron chi connectivity index (χ0n) is 11.6. The van der Waals surface area contributed by atoms with Crippen LogP contribution in [0, 0.1) is 0 Å². The van der Waals surface area contributed by atoms with Crippen molar-refractivity contribution in [3.63, 3.8) is 0 Å². The zero-order chi connectivity index (χ0) is 13.9. The van der Waals surface area contributed by atoms with E-state index in [-0.39, 0.29) is 12.5 Å². The highest BCUT2D eigenvalue weighted by molar-refractivity contribution is 5.94. The van der Waals surface area contributed by atoms with Crippen LogP contribution in [-0.4, -0.2) is 54.2 Å². The number of hydrogen-bond acceptors (Lipinski definition) is 4. The van der Waals surface area contributed by atoms with Gasteiger partial charge in [-0.3, -0.25) is 4.79 Å². The number of carbonyl (C=O) groups is 1. The fourth-order valence-corrected chi connectivity index (χ4v) is 1.67. The summed E-state index contributed by atoms with van der Waals surface area (Å²) in [4.78, 5) is 19.7. The molecule has 100 valence electrons. The molecule has 0 unspecified atom stereocenters. The third kappa shape index (κ3) is 4.00. The van der Waals surface area contributed by atoms with E-state index in [4.69, 9.17) is 0 Å². The maximum absolute atomic E-state index is 12.2. The molecule has 0 aromatic carbocycles. The molecule has 0 aliphatic heterocycles. The van der Waals surface area contributed by atoms with Crippen LogP contribution < -0.4 is 4.90 Å². The molecule has 5 heteroatoms. The standard InChI is InChI=1S/C13H21N3O2/c1-13(2,18)9-16(5)12(17)10-6-7-14-11(8-10)15(3)4/h6-8,18H,9H2,1-5H3. The largest absolute Gasteiger partial charge is 0.389 e. The molecule has 0 saturated heterocycles. The van der Waals surface area contributed by atoms with Gasteiger partial charge in [-0.1, -0.05) is 0 Å². The van der Waals surface area contributed by atoms with E-state index >= 15 is 0 Å². The molecule has 1 amide bonds. The Morgan fingerprint density at radius 2 is 2.00 bits per heavy atom. The lowest BCUT2D eigenvalue weighted by molar-refractivity contribution is 0.0368. The molecule has 5 nitrogen and oxygen atoms in total. The lowest BCUT2D eigenvalue weighted by Crippen LogP contribution is -2.39. The smallest absolute Gasteiger partial charge is 0.253 e. The van der Waals surface area contributed by atoms with Crippen molar-refractivity contribution in [3.05, 3.63) is 23.9 Å². The molecule has 0 spiro atoms. The Morgan fingerprint density at radius 1 is 1.39 bits per heavy atom. The van der Waals surface area contributed by atoms with Gasteiger partial charge in [0, 0.05) is 39.4 Å². The second-order valence-electron chi connectivity index (χ2n) is 5.27. The average molecular weight is 251 g/mol. The minimum atomic E-state index is -0.901. The molecule has 0 bridgehead atoms. The van der Waals surface area contributed by atoms with Crippen LogP contribution in [0.4, 0.5) is 5.82 Å². The third-order valence-corrected chi connectivity index (χ3v) is 2.42. The Kier molecular flexibility index (Phi) is 4.29. The van der Waals surface area contributed by atoms with E-state index in [1.165, 1.54) is 4.90 Å². The summed E-state index contributed by atoms with van der Waals surface area (Å²) in [5.41, 5.74) is -0.331. The topological polar surface area (TPSA) is 56.7 Å². The summed E-state index contributed by atoms with van der Waals surface area (Å²) in [5.74, 6) is 0.611. The lowest BCUT2D eigenvalue weighted by atomic mass is 10.1. The summed E-state index contributed by atoms with van der Waals surface area (Å²) in [6, 6.07) is 3.42. The van der Waals surface area contributed by atoms with Crippen LogP contribution in [0.25, 0.3) is 0 Å². The molecule has 1 aromatic heterocycles. The van der Waals surface area contributed by atoms with Crippen molar-refractivity contribution >= 4 is 11.7 Å². The van der Waals surface area contributed by atoms with Gasteiger partial charge in [-0.25, -0.2) is 4.98 Å². The normalized spacial score (nSPS) is 11.2. The molecule has 0 saturated carbocycles. The Bertz CT molecular complexity index is 424. The Hall–Kier alpha value is -1.62. The van der Waals surface area contributed by atoms with E-state index in [9.17, 15) is 9.90 Å². The van der Waals surface area contributed by atoms with Gasteiger partial charge in [-0.2, -0.15) is 0 Å². The zero-order valence-corrected chi connectivity index (χ0v) is 11.6. The van der Waals surface area contributed by atoms with Crippen LogP contribution in [0.3, 0.4) is 0 Å². The first-order valence-electron chi connectivity index (χ1n) is 5.82. The summed E-state index contributed by atoms with van der Waals surface area (Å²) in [6.45, 7) is 3.63. The van der Waals surface area contributed by atoms with Gasteiger partial charge in [0.2, 0.25) is 0 Å². The summed E-state index contributed by atoms with van der Waals surface area (Å²) >= 11 is 0. The summed E-state index contributed by atoms with van der Waals surface area (Å²) < 4.78 is 0. The van der Waals surface area contributed by atoms with Crippen molar-refractivity contribution in [1.82, 2.24) is 9.88 Å². The Morgan fingerprint density at radius 3 is 2.50 bits per heavy atom. The SMILES string of the molecule is CN(CC(C)(C)O)C(=O)c1ccnc(N(C)C)c1. The number of carbonyl (C=O) groups excluding carboxylic acids is 1. The van der Waals surface area contributed by atoms with Crippen LogP contribution in [-0.2, 0) is 0 Å². The number of amides is 1. The molecule has 1 N–H and O–H groups in total. The third-order valence-electron chi connectivity index (χ3n) is 2.42. The van der Waals surface area contributed by atoms with Gasteiger partial charge in [-0.15, -0.1) is 0 Å². The molecule has 0 atom stereocenters. The van der Waals surface area contributed by atoms with Crippen molar-refractivity contribution < 1.29 is 9.90 Å². The molecule has 0 aliphatic rings. The number of anilines is 1. The first-order valence-corrected chi connectivity index (χ1v) is 5.82. The maximum atomic E-state index is 12.2. The van der Waals surface area contributed by atoms with Gasteiger partial charge in [0.15, 0.2) is 0 Å². The quantitative estimate of drug-likeness (QED) is 0.867. The number of likely N-dealkylation sites (N-methyl/N-ethyl adjacent to an activating group) is 1. The average Bonchev–Trinajstić information content (AvgIpc) is 2.26. The number of nitrogens with zero attached hydrogens (tertiary/aromatic N) is 3. The first kappa shape index (κ1) is 14.4. The molecule has 0 aliphatic carbocycles. The predicted molar refractivity (Wildman–Crippen MR) is 71.8 cm³/mol. The number of aromatic nitrogens is 1. The van der Waals surface area contributed by atoms with E-state index < -0.39 is 5.60 Å². The van der Waals surface area contributed by atoms with E-state index in [0.717, 1.165) is 5.82 Å². The van der Waals surface area contributed by atoms with Crippen molar-refractivity contribution in [3.8, 4) is 0 Å². The number of aliphatic hydroxyl groups is 1. The highest BCUT2D eigenvalue weighted by Gasteiger charge is 2.20. The fourth-order valence-electron chi connectivity index (χ4n) is 1.67. The summed E-state index contributed by atoms with van der Waals surface area (Å²) in [7, 11) is 5.42. The molecule has 1 aromatic rings. The first-order chi connectivity index (χ1) is 8.20. The van der Waals surface area contributed by atoms with E-state index in [1.54, 1.807) is 39.2 Å². The van der Waals surface area contributed by atoms with Crippen LogP contribution in [0.5, 0.6) is 0 Å². The number of rotatable bonds is 4. The van der Waals surface area contributed by atoms with Gasteiger partial charge < -0.3 is 14.9 Å². The van der Waals surface area contributed by atoms with Crippen LogP contribution >= 0.6 is 0 Å².